The van der Waals surface area contributed by atoms with E-state index in [0.29, 0.717) is 36.1 Å². The summed E-state index contributed by atoms with van der Waals surface area (Å²) in [5.41, 5.74) is 2.30. The number of carboxylic acid groups (broad SMARTS) is 1. The van der Waals surface area contributed by atoms with Crippen LogP contribution < -0.4 is 4.74 Å². The van der Waals surface area contributed by atoms with Crippen LogP contribution in [0.3, 0.4) is 0 Å². The van der Waals surface area contributed by atoms with Crippen molar-refractivity contribution in [2.45, 2.75) is 50.5 Å². The van der Waals surface area contributed by atoms with Gasteiger partial charge in [0.05, 0.1) is 36.5 Å². The molecule has 1 N–H and O–H groups in total. The molecule has 0 spiro atoms. The molecule has 3 aliphatic rings. The molecule has 5 heterocycles. The number of piperidine rings is 1. The third-order valence-electron chi connectivity index (χ3n) is 8.49. The van der Waals surface area contributed by atoms with Crippen LogP contribution in [0.1, 0.15) is 52.6 Å². The number of hydrogen-bond acceptors (Lipinski definition) is 9. The highest BCUT2D eigenvalue weighted by Gasteiger charge is 2.58. The molecule has 4 aromatic rings. The number of benzene rings is 1. The number of aromatic carboxylic acids is 1. The summed E-state index contributed by atoms with van der Waals surface area (Å²) < 4.78 is 33.0. The average Bonchev–Trinajstić information content (AvgIpc) is 3.40. The summed E-state index contributed by atoms with van der Waals surface area (Å²) in [5.74, 6) is -0.381. The lowest BCUT2D eigenvalue weighted by atomic mass is 9.91. The van der Waals surface area contributed by atoms with Crippen molar-refractivity contribution in [3.8, 4) is 11.9 Å². The first kappa shape index (κ1) is 25.6. The zero-order valence-electron chi connectivity index (χ0n) is 22.1. The van der Waals surface area contributed by atoms with Crippen molar-refractivity contribution in [2.75, 3.05) is 19.7 Å². The summed E-state index contributed by atoms with van der Waals surface area (Å²) in [6, 6.07) is 12.0. The SMILES string of the molecule is N#Cc1ccc(COc2cccc(C34CCN(Cc5nc6oc(C(=O)O)nc6n5CC5CCO5)CC3C4)n2)c(F)c1. The number of fused-ring (bicyclic) bond motifs is 2. The van der Waals surface area contributed by atoms with Crippen molar-refractivity contribution in [3.05, 3.63) is 70.8 Å². The van der Waals surface area contributed by atoms with E-state index in [1.165, 1.54) is 6.07 Å². The van der Waals surface area contributed by atoms with Crippen LogP contribution in [0.4, 0.5) is 4.39 Å². The van der Waals surface area contributed by atoms with Crippen LogP contribution in [0.15, 0.2) is 40.8 Å². The lowest BCUT2D eigenvalue weighted by Crippen LogP contribution is -2.37. The molecule has 7 rings (SSSR count). The topological polar surface area (TPSA) is 140 Å². The Labute approximate surface area is 234 Å². The number of hydrogen-bond donors (Lipinski definition) is 1. The molecular formula is C29H27FN6O5. The largest absolute Gasteiger partial charge is 0.474 e. The Morgan fingerprint density at radius 1 is 1.27 bits per heavy atom. The first-order valence-electron chi connectivity index (χ1n) is 13.6. The number of aromatic nitrogens is 4. The van der Waals surface area contributed by atoms with Gasteiger partial charge in [-0.3, -0.25) is 4.90 Å². The summed E-state index contributed by atoms with van der Waals surface area (Å²) in [6.07, 6.45) is 2.96. The number of nitrogens with zero attached hydrogens (tertiary/aromatic N) is 6. The van der Waals surface area contributed by atoms with Crippen LogP contribution in [0.2, 0.25) is 0 Å². The molecule has 0 amide bonds. The van der Waals surface area contributed by atoms with Gasteiger partial charge in [-0.15, -0.1) is 0 Å². The molecule has 11 nitrogen and oxygen atoms in total. The lowest BCUT2D eigenvalue weighted by molar-refractivity contribution is -0.0593. The van der Waals surface area contributed by atoms with Gasteiger partial charge in [0.1, 0.15) is 18.2 Å². The molecular weight excluding hydrogens is 531 g/mol. The summed E-state index contributed by atoms with van der Waals surface area (Å²) in [5, 5.41) is 18.2. The zero-order valence-corrected chi connectivity index (χ0v) is 22.1. The van der Waals surface area contributed by atoms with E-state index in [1.54, 1.807) is 18.2 Å². The lowest BCUT2D eigenvalue weighted by Gasteiger charge is -2.32. The Bertz CT molecular complexity index is 1690. The van der Waals surface area contributed by atoms with E-state index in [2.05, 4.69) is 14.9 Å². The Balaban J connectivity index is 1.03. The second-order valence-corrected chi connectivity index (χ2v) is 11.0. The number of carbonyl (C=O) groups is 1. The van der Waals surface area contributed by atoms with Gasteiger partial charge in [-0.05, 0) is 49.9 Å². The van der Waals surface area contributed by atoms with Crippen LogP contribution in [0.5, 0.6) is 5.88 Å². The summed E-state index contributed by atoms with van der Waals surface area (Å²) >= 11 is 0. The maximum absolute atomic E-state index is 14.3. The minimum Gasteiger partial charge on any atom is -0.474 e. The van der Waals surface area contributed by atoms with Crippen molar-refractivity contribution >= 4 is 17.3 Å². The molecule has 3 atom stereocenters. The first-order valence-corrected chi connectivity index (χ1v) is 13.6. The maximum Gasteiger partial charge on any atom is 0.392 e. The minimum atomic E-state index is -1.22. The van der Waals surface area contributed by atoms with E-state index in [-0.39, 0.29) is 35.3 Å². The third kappa shape index (κ3) is 4.71. The highest BCUT2D eigenvalue weighted by Crippen LogP contribution is 2.58. The van der Waals surface area contributed by atoms with Crippen LogP contribution in [-0.4, -0.2) is 61.3 Å². The number of imidazole rings is 1. The number of likely N-dealkylation sites (tertiary alicyclic amines) is 1. The standard InChI is InChI=1S/C29H27FN6O5/c30-21-10-17(12-31)4-5-18(21)16-40-24-3-1-2-22(32-24)29-7-8-35(13-19(29)11-29)15-23-33-26-25(34-27(41-26)28(37)38)36(23)14-20-6-9-39-20/h1-5,10,19-20H,6-9,11,13-16H2,(H,37,38). The van der Waals surface area contributed by atoms with Gasteiger partial charge in [0.15, 0.2) is 0 Å². The third-order valence-corrected chi connectivity index (χ3v) is 8.49. The van der Waals surface area contributed by atoms with E-state index in [9.17, 15) is 14.3 Å². The Kier molecular flexibility index (Phi) is 6.21. The predicted octanol–water partition coefficient (Wildman–Crippen LogP) is 3.66. The van der Waals surface area contributed by atoms with E-state index < -0.39 is 11.8 Å². The van der Waals surface area contributed by atoms with Crippen molar-refractivity contribution in [2.24, 2.45) is 5.92 Å². The van der Waals surface area contributed by atoms with Crippen molar-refractivity contribution < 1.29 is 28.2 Å². The van der Waals surface area contributed by atoms with Gasteiger partial charge in [-0.1, -0.05) is 12.1 Å². The van der Waals surface area contributed by atoms with Crippen molar-refractivity contribution in [1.82, 2.24) is 24.4 Å². The zero-order chi connectivity index (χ0) is 28.1. The number of halogens is 1. The summed E-state index contributed by atoms with van der Waals surface area (Å²) in [4.78, 5) is 27.3. The molecule has 1 aromatic carbocycles. The monoisotopic (exact) mass is 558 g/mol. The molecule has 3 aromatic heterocycles. The molecule has 41 heavy (non-hydrogen) atoms. The van der Waals surface area contributed by atoms with Gasteiger partial charge in [0, 0.05) is 30.2 Å². The maximum atomic E-state index is 14.3. The molecule has 12 heteroatoms. The van der Waals surface area contributed by atoms with Crippen LogP contribution in [0, 0.1) is 23.1 Å². The van der Waals surface area contributed by atoms with E-state index in [4.69, 9.17) is 24.1 Å². The summed E-state index contributed by atoms with van der Waals surface area (Å²) in [6.45, 7) is 3.64. The second-order valence-electron chi connectivity index (χ2n) is 11.0. The molecule has 2 aliphatic heterocycles. The van der Waals surface area contributed by atoms with Gasteiger partial charge in [-0.25, -0.2) is 14.2 Å². The number of nitriles is 1. The highest BCUT2D eigenvalue weighted by molar-refractivity contribution is 5.85. The number of carboxylic acids is 1. The van der Waals surface area contributed by atoms with E-state index in [0.717, 1.165) is 50.5 Å². The molecule has 1 aliphatic carbocycles. The molecule has 3 fully saturated rings. The Hall–Kier alpha value is -4.34. The van der Waals surface area contributed by atoms with Crippen LogP contribution in [-0.2, 0) is 29.8 Å². The van der Waals surface area contributed by atoms with Gasteiger partial charge in [-0.2, -0.15) is 15.2 Å². The fraction of sp³-hybridized carbons (Fsp3) is 0.414. The molecule has 210 valence electrons. The minimum absolute atomic E-state index is 0.00366. The number of ether oxygens (including phenoxy) is 2. The number of pyridine rings is 1. The molecule has 0 radical (unpaired) electrons. The van der Waals surface area contributed by atoms with Gasteiger partial charge in [0.25, 0.3) is 5.71 Å². The smallest absolute Gasteiger partial charge is 0.392 e. The quantitative estimate of drug-likeness (QED) is 0.324. The van der Waals surface area contributed by atoms with Gasteiger partial charge in [0.2, 0.25) is 11.5 Å². The Morgan fingerprint density at radius 3 is 2.88 bits per heavy atom. The highest BCUT2D eigenvalue weighted by atomic mass is 19.1. The predicted molar refractivity (Wildman–Crippen MR) is 140 cm³/mol. The molecule has 3 unspecified atom stereocenters. The average molecular weight is 559 g/mol. The van der Waals surface area contributed by atoms with Crippen LogP contribution in [0.25, 0.3) is 11.4 Å². The van der Waals surface area contributed by atoms with Crippen molar-refractivity contribution in [3.63, 3.8) is 0 Å². The first-order chi connectivity index (χ1) is 19.9. The summed E-state index contributed by atoms with van der Waals surface area (Å²) in [7, 11) is 0. The molecule has 1 saturated carbocycles. The second kappa shape index (κ2) is 9.94. The van der Waals surface area contributed by atoms with Gasteiger partial charge >= 0.3 is 11.9 Å². The molecule has 2 saturated heterocycles. The van der Waals surface area contributed by atoms with E-state index in [1.807, 2.05) is 22.8 Å². The Morgan fingerprint density at radius 2 is 2.15 bits per heavy atom. The van der Waals surface area contributed by atoms with Crippen molar-refractivity contribution in [1.29, 1.82) is 5.26 Å². The van der Waals surface area contributed by atoms with Crippen LogP contribution >= 0.6 is 0 Å². The van der Waals surface area contributed by atoms with Gasteiger partial charge < -0.3 is 23.6 Å². The fourth-order valence-electron chi connectivity index (χ4n) is 6.02. The van der Waals surface area contributed by atoms with E-state index >= 15 is 0 Å². The fourth-order valence-corrected chi connectivity index (χ4v) is 6.02. The normalized spacial score (nSPS) is 23.5. The number of rotatable bonds is 9. The molecule has 0 bridgehead atoms. The number of oxazole rings is 1.